The van der Waals surface area contributed by atoms with Crippen molar-refractivity contribution in [2.45, 2.75) is 262 Å². The molecular formula is C66H120N18O20. The van der Waals surface area contributed by atoms with Crippen molar-refractivity contribution < 1.29 is 97.5 Å². The topological polar surface area (TPSA) is 649 Å². The zero-order valence-corrected chi connectivity index (χ0v) is 61.2. The van der Waals surface area contributed by atoms with Crippen molar-refractivity contribution in [2.75, 3.05) is 45.9 Å². The van der Waals surface area contributed by atoms with Gasteiger partial charge < -0.3 is 123 Å². The van der Waals surface area contributed by atoms with Crippen molar-refractivity contribution >= 4 is 88.7 Å². The Hall–Kier alpha value is -8.27. The van der Waals surface area contributed by atoms with Crippen molar-refractivity contribution in [3.63, 3.8) is 0 Å². The molecule has 1 saturated heterocycles. The Bertz CT molecular complexity index is 2800. The van der Waals surface area contributed by atoms with E-state index in [1.807, 2.05) is 27.7 Å². The summed E-state index contributed by atoms with van der Waals surface area (Å²) in [6, 6.07) is -19.4. The number of aliphatic hydroxyl groups excluding tert-OH is 3. The van der Waals surface area contributed by atoms with E-state index in [2.05, 4.69) is 58.5 Å². The van der Waals surface area contributed by atoms with E-state index in [0.29, 0.717) is 51.4 Å². The van der Waals surface area contributed by atoms with E-state index < -0.39 is 218 Å². The van der Waals surface area contributed by atoms with E-state index in [0.717, 1.165) is 6.92 Å². The first-order chi connectivity index (χ1) is 49.0. The fourth-order valence-corrected chi connectivity index (χ4v) is 11.2. The summed E-state index contributed by atoms with van der Waals surface area (Å²) in [6.45, 7) is 10.4. The number of nitrogens with zero attached hydrogens (tertiary/aromatic N) is 1. The lowest BCUT2D eigenvalue weighted by Crippen LogP contribution is -2.62. The third kappa shape index (κ3) is 35.0. The quantitative estimate of drug-likeness (QED) is 0.0252. The lowest BCUT2D eigenvalue weighted by atomic mass is 10.00. The van der Waals surface area contributed by atoms with Gasteiger partial charge in [-0.05, 0) is 166 Å². The highest BCUT2D eigenvalue weighted by Crippen LogP contribution is 2.22. The zero-order valence-electron chi connectivity index (χ0n) is 61.2. The molecule has 0 unspecified atom stereocenters. The number of carboxylic acid groups (broad SMARTS) is 2. The predicted octanol–water partition coefficient (Wildman–Crippen LogP) is -6.52. The van der Waals surface area contributed by atoms with Crippen molar-refractivity contribution in [2.24, 2.45) is 52.2 Å². The molecule has 594 valence electrons. The first kappa shape index (κ1) is 93.7. The van der Waals surface area contributed by atoms with Gasteiger partial charge in [0.1, 0.15) is 72.5 Å². The highest BCUT2D eigenvalue weighted by atomic mass is 16.4. The molecule has 38 heteroatoms. The highest BCUT2D eigenvalue weighted by molar-refractivity contribution is 6.00. The summed E-state index contributed by atoms with van der Waals surface area (Å²) < 4.78 is 0. The summed E-state index contributed by atoms with van der Waals surface area (Å²) in [7, 11) is 0. The van der Waals surface area contributed by atoms with E-state index in [9.17, 15) is 97.5 Å². The second-order valence-electron chi connectivity index (χ2n) is 27.3. The number of unbranched alkanes of at least 4 members (excludes halogenated alkanes) is 4. The van der Waals surface area contributed by atoms with Crippen LogP contribution in [-0.4, -0.2) is 250 Å². The molecule has 0 radical (unpaired) electrons. The average Bonchev–Trinajstić information content (AvgIpc) is 1.20. The SMILES string of the molecule is CC(C)C[C@H](NC(=O)[C@@H](N)CC(C)C)C(=O)N1CCC[C@H]1C(=O)N[C@@H](CCCCN)C(=O)N[C@@H](CCCCN)C(=O)N[C@H](C(=O)N[C@@H](CCC(=O)O)C(=O)N[C@@H](CO)C(=O)N[C@@H](CCC(N)=O)C(=O)N[C@@H](CCCCN)C(=O)N[C@H](C(=O)N[C@@H](CCCCN)C(=O)N[C@@H](CO)C(=O)O)C(C)C)[C@@H](C)O. The van der Waals surface area contributed by atoms with Crippen LogP contribution >= 0.6 is 0 Å². The summed E-state index contributed by atoms with van der Waals surface area (Å²) in [5.74, 6) is -16.1. The molecule has 0 spiro atoms. The molecule has 28 N–H and O–H groups in total. The second kappa shape index (κ2) is 50.2. The lowest BCUT2D eigenvalue weighted by molar-refractivity contribution is -0.143. The van der Waals surface area contributed by atoms with E-state index in [1.165, 1.54) is 4.90 Å². The molecule has 0 bridgehead atoms. The third-order valence-electron chi connectivity index (χ3n) is 17.1. The molecule has 1 heterocycles. The number of hydrogen-bond acceptors (Lipinski definition) is 23. The number of hydrogen-bond donors (Lipinski definition) is 22. The number of rotatable bonds is 54. The van der Waals surface area contributed by atoms with Gasteiger partial charge in [-0.25, -0.2) is 4.79 Å². The Labute approximate surface area is 607 Å². The minimum absolute atomic E-state index is 0.00932. The number of carbonyl (C=O) groups excluding carboxylic acids is 13. The minimum Gasteiger partial charge on any atom is -0.481 e. The van der Waals surface area contributed by atoms with Crippen molar-refractivity contribution in [1.29, 1.82) is 0 Å². The van der Waals surface area contributed by atoms with Crippen molar-refractivity contribution in [3.8, 4) is 0 Å². The molecule has 0 saturated carbocycles. The number of carboxylic acids is 2. The monoisotopic (exact) mass is 1480 g/mol. The van der Waals surface area contributed by atoms with E-state index in [1.54, 1.807) is 13.8 Å². The van der Waals surface area contributed by atoms with Gasteiger partial charge in [-0.15, -0.1) is 0 Å². The van der Waals surface area contributed by atoms with Gasteiger partial charge in [0.2, 0.25) is 76.8 Å². The van der Waals surface area contributed by atoms with Crippen LogP contribution in [-0.2, 0) is 71.9 Å². The molecular weight excluding hydrogens is 1360 g/mol. The third-order valence-corrected chi connectivity index (χ3v) is 17.1. The Morgan fingerprint density at radius 2 is 0.760 bits per heavy atom. The van der Waals surface area contributed by atoms with Crippen molar-refractivity contribution in [1.82, 2.24) is 63.4 Å². The number of nitrogens with one attached hydrogen (secondary N) is 11. The first-order valence-electron chi connectivity index (χ1n) is 35.9. The number of aliphatic hydroxyl groups is 3. The first-order valence-corrected chi connectivity index (χ1v) is 35.9. The van der Waals surface area contributed by atoms with E-state index >= 15 is 0 Å². The van der Waals surface area contributed by atoms with Crippen molar-refractivity contribution in [3.05, 3.63) is 0 Å². The molecule has 1 rings (SSSR count). The molecule has 14 atom stereocenters. The van der Waals surface area contributed by atoms with Gasteiger partial charge in [0, 0.05) is 19.4 Å². The molecule has 0 aromatic carbocycles. The number of primary amides is 1. The van der Waals surface area contributed by atoms with Gasteiger partial charge in [-0.2, -0.15) is 0 Å². The molecule has 1 aliphatic rings. The Balaban J connectivity index is 3.58. The van der Waals surface area contributed by atoms with Crippen LogP contribution in [0.15, 0.2) is 0 Å². The number of aliphatic carboxylic acids is 2. The number of carbonyl (C=O) groups is 15. The van der Waals surface area contributed by atoms with Crippen LogP contribution in [0.1, 0.15) is 177 Å². The Morgan fingerprint density at radius 3 is 1.13 bits per heavy atom. The Kier molecular flexibility index (Phi) is 45.3. The van der Waals surface area contributed by atoms with Crippen LogP contribution in [0.4, 0.5) is 0 Å². The fourth-order valence-electron chi connectivity index (χ4n) is 11.2. The molecule has 1 fully saturated rings. The second-order valence-corrected chi connectivity index (χ2v) is 27.3. The number of amides is 13. The van der Waals surface area contributed by atoms with Crippen LogP contribution < -0.4 is 92.9 Å². The Morgan fingerprint density at radius 1 is 0.413 bits per heavy atom. The average molecular weight is 1490 g/mol. The minimum atomic E-state index is -2.02. The predicted molar refractivity (Wildman–Crippen MR) is 378 cm³/mol. The van der Waals surface area contributed by atoms with Gasteiger partial charge in [0.15, 0.2) is 0 Å². The summed E-state index contributed by atoms with van der Waals surface area (Å²) >= 11 is 0. The van der Waals surface area contributed by atoms with Gasteiger partial charge >= 0.3 is 11.9 Å². The fraction of sp³-hybridized carbons (Fsp3) is 0.773. The maximum absolute atomic E-state index is 14.4. The molecule has 0 aliphatic carbocycles. The zero-order chi connectivity index (χ0) is 78.9. The molecule has 0 aromatic rings. The maximum Gasteiger partial charge on any atom is 0.328 e. The van der Waals surface area contributed by atoms with Crippen LogP contribution in [0.2, 0.25) is 0 Å². The summed E-state index contributed by atoms with van der Waals surface area (Å²) in [5, 5.41) is 77.1. The molecule has 0 aromatic heterocycles. The van der Waals surface area contributed by atoms with Crippen LogP contribution in [0.25, 0.3) is 0 Å². The summed E-state index contributed by atoms with van der Waals surface area (Å²) in [4.78, 5) is 205. The van der Waals surface area contributed by atoms with E-state index in [-0.39, 0.29) is 95.9 Å². The van der Waals surface area contributed by atoms with Gasteiger partial charge in [0.05, 0.1) is 25.4 Å². The number of nitrogens with two attached hydrogens (primary N) is 6. The molecule has 38 nitrogen and oxygen atoms in total. The van der Waals surface area contributed by atoms with E-state index in [4.69, 9.17) is 34.4 Å². The lowest BCUT2D eigenvalue weighted by Gasteiger charge is -2.31. The highest BCUT2D eigenvalue weighted by Gasteiger charge is 2.42. The maximum atomic E-state index is 14.4. The van der Waals surface area contributed by atoms with Crippen LogP contribution in [0.3, 0.4) is 0 Å². The summed E-state index contributed by atoms with van der Waals surface area (Å²) in [5.41, 5.74) is 34.5. The smallest absolute Gasteiger partial charge is 0.328 e. The van der Waals surface area contributed by atoms with Gasteiger partial charge in [-0.3, -0.25) is 67.1 Å². The molecule has 13 amide bonds. The summed E-state index contributed by atoms with van der Waals surface area (Å²) in [6.07, 6.45) is -0.929. The number of likely N-dealkylation sites (tertiary alicyclic amines) is 1. The molecule has 1 aliphatic heterocycles. The van der Waals surface area contributed by atoms with Crippen LogP contribution in [0, 0.1) is 17.8 Å². The van der Waals surface area contributed by atoms with Gasteiger partial charge in [-0.1, -0.05) is 41.5 Å². The normalized spacial score (nSPS) is 16.6. The standard InChI is InChI=1S/C66H120N18O20/c1-35(2)31-39(71)54(91)79-46(32-36(3)4)65(102)84-30-16-21-49(84)62(99)76-40(17-8-12-26-67)55(92)73-43(20-11-15-29-70)60(97)83-53(38(7)87)64(101)78-45(23-25-51(89)90)58(95)80-47(33-85)61(98)75-44(22-24-50(72)88)57(94)74-42(19-10-14-28-69)59(96)82-52(37(5)6)63(100)77-41(18-9-13-27-68)56(93)81-48(34-86)66(103)104/h35-49,52-53,85-87H,8-34,67-71H2,1-7H3,(H2,72,88)(H,73,92)(H,74,94)(H,75,98)(H,76,99)(H,77,100)(H,78,101)(H,79,91)(H,80,95)(H,81,93)(H,82,96)(H,83,97)(H,89,90)(H,103,104)/t38-,39+,40+,41+,42+,43+,44+,45+,46+,47+,48+,49+,52+,53+/m1/s1. The van der Waals surface area contributed by atoms with Gasteiger partial charge in [0.25, 0.3) is 0 Å². The molecule has 104 heavy (non-hydrogen) atoms. The largest absolute Gasteiger partial charge is 0.481 e. The van der Waals surface area contributed by atoms with Crippen LogP contribution in [0.5, 0.6) is 0 Å².